The van der Waals surface area contributed by atoms with Gasteiger partial charge in [0, 0.05) is 13.2 Å². The lowest BCUT2D eigenvalue weighted by molar-refractivity contribution is -0.384. The molecule has 5 nitrogen and oxygen atoms in total. The first-order chi connectivity index (χ1) is 8.51. The zero-order chi connectivity index (χ0) is 13.3. The van der Waals surface area contributed by atoms with Gasteiger partial charge in [-0.2, -0.15) is 0 Å². The van der Waals surface area contributed by atoms with E-state index in [2.05, 4.69) is 21.2 Å². The Labute approximate surface area is 112 Å². The van der Waals surface area contributed by atoms with Crippen LogP contribution in [0.15, 0.2) is 16.6 Å². The summed E-state index contributed by atoms with van der Waals surface area (Å²) in [6.45, 7) is 0. The third kappa shape index (κ3) is 2.62. The first kappa shape index (κ1) is 13.2. The summed E-state index contributed by atoms with van der Waals surface area (Å²) in [5.41, 5.74) is 0.0735. The Balaban J connectivity index is 2.16. The summed E-state index contributed by atoms with van der Waals surface area (Å²) in [7, 11) is 1.64. The van der Waals surface area contributed by atoms with E-state index in [1.54, 1.807) is 7.11 Å². The highest BCUT2D eigenvalue weighted by Gasteiger charge is 2.30. The van der Waals surface area contributed by atoms with Gasteiger partial charge in [0.1, 0.15) is 11.5 Å². The van der Waals surface area contributed by atoms with Crippen molar-refractivity contribution in [1.82, 2.24) is 0 Å². The van der Waals surface area contributed by atoms with Crippen LogP contribution >= 0.6 is 15.9 Å². The molecule has 1 fully saturated rings. The highest BCUT2D eigenvalue weighted by Crippen LogP contribution is 2.34. The smallest absolute Gasteiger partial charge is 0.295 e. The van der Waals surface area contributed by atoms with Crippen LogP contribution in [0, 0.1) is 15.9 Å². The Bertz CT molecular complexity index is 478. The Hall–Kier alpha value is -1.21. The third-order valence-corrected chi connectivity index (χ3v) is 3.63. The van der Waals surface area contributed by atoms with Crippen LogP contribution in [0.25, 0.3) is 0 Å². The Kier molecular flexibility index (Phi) is 3.82. The number of nitro benzene ring substituents is 1. The fourth-order valence-electron chi connectivity index (χ4n) is 1.90. The van der Waals surface area contributed by atoms with Crippen LogP contribution < -0.4 is 5.32 Å². The lowest BCUT2D eigenvalue weighted by Gasteiger charge is -2.35. The van der Waals surface area contributed by atoms with Crippen molar-refractivity contribution in [3.05, 3.63) is 32.5 Å². The van der Waals surface area contributed by atoms with E-state index in [1.807, 2.05) is 0 Å². The molecule has 0 saturated heterocycles. The SMILES string of the molecule is COC1CC(Nc2cc(Br)c(F)cc2[N+](=O)[O-])C1. The summed E-state index contributed by atoms with van der Waals surface area (Å²) in [6.07, 6.45) is 1.79. The molecule has 0 unspecified atom stereocenters. The van der Waals surface area contributed by atoms with Gasteiger partial charge in [0.25, 0.3) is 5.69 Å². The fraction of sp³-hybridized carbons (Fsp3) is 0.455. The lowest BCUT2D eigenvalue weighted by atomic mass is 9.89. The van der Waals surface area contributed by atoms with E-state index in [-0.39, 0.29) is 22.3 Å². The average Bonchev–Trinajstić information content (AvgIpc) is 2.26. The number of methoxy groups -OCH3 is 1. The van der Waals surface area contributed by atoms with Crippen molar-refractivity contribution in [1.29, 1.82) is 0 Å². The molecular formula is C11H12BrFN2O3. The van der Waals surface area contributed by atoms with Crippen molar-refractivity contribution in [2.24, 2.45) is 0 Å². The molecule has 1 aliphatic carbocycles. The number of halogens is 2. The number of benzene rings is 1. The van der Waals surface area contributed by atoms with Crippen molar-refractivity contribution in [3.63, 3.8) is 0 Å². The summed E-state index contributed by atoms with van der Waals surface area (Å²) in [5.74, 6) is -0.643. The van der Waals surface area contributed by atoms with Crippen molar-refractivity contribution in [2.45, 2.75) is 25.0 Å². The Morgan fingerprint density at radius 3 is 2.78 bits per heavy atom. The molecule has 7 heteroatoms. The van der Waals surface area contributed by atoms with Gasteiger partial charge in [-0.05, 0) is 34.8 Å². The van der Waals surface area contributed by atoms with Crippen molar-refractivity contribution in [2.75, 3.05) is 12.4 Å². The van der Waals surface area contributed by atoms with Gasteiger partial charge in [0.05, 0.1) is 21.6 Å². The minimum Gasteiger partial charge on any atom is -0.381 e. The molecule has 1 N–H and O–H groups in total. The van der Waals surface area contributed by atoms with Crippen molar-refractivity contribution < 1.29 is 14.1 Å². The average molecular weight is 319 g/mol. The lowest BCUT2D eigenvalue weighted by Crippen LogP contribution is -2.40. The maximum atomic E-state index is 13.3. The first-order valence-electron chi connectivity index (χ1n) is 5.44. The minimum absolute atomic E-state index is 0.131. The molecule has 0 heterocycles. The van der Waals surface area contributed by atoms with Crippen LogP contribution in [0.1, 0.15) is 12.8 Å². The molecule has 1 aromatic rings. The standard InChI is InChI=1S/C11H12BrFN2O3/c1-18-7-2-6(3-7)14-10-4-8(12)9(13)5-11(10)15(16)17/h4-7,14H,2-3H2,1H3. The van der Waals surface area contributed by atoms with E-state index in [4.69, 9.17) is 4.74 Å². The second-order valence-corrected chi connectivity index (χ2v) is 5.07. The van der Waals surface area contributed by atoms with Gasteiger partial charge in [-0.15, -0.1) is 0 Å². The molecule has 0 radical (unpaired) electrons. The molecule has 0 atom stereocenters. The second-order valence-electron chi connectivity index (χ2n) is 4.21. The van der Waals surface area contributed by atoms with E-state index in [0.29, 0.717) is 5.69 Å². The minimum atomic E-state index is -0.643. The molecule has 1 aromatic carbocycles. The molecule has 18 heavy (non-hydrogen) atoms. The number of ether oxygens (including phenoxy) is 1. The van der Waals surface area contributed by atoms with Gasteiger partial charge in [0.15, 0.2) is 0 Å². The zero-order valence-corrected chi connectivity index (χ0v) is 11.2. The number of nitrogens with one attached hydrogen (secondary N) is 1. The predicted molar refractivity (Wildman–Crippen MR) is 68.2 cm³/mol. The Morgan fingerprint density at radius 2 is 2.22 bits per heavy atom. The topological polar surface area (TPSA) is 64.4 Å². The van der Waals surface area contributed by atoms with Crippen LogP contribution in [0.3, 0.4) is 0 Å². The maximum absolute atomic E-state index is 13.3. The van der Waals surface area contributed by atoms with E-state index in [1.165, 1.54) is 6.07 Å². The van der Waals surface area contributed by atoms with Gasteiger partial charge in [0.2, 0.25) is 0 Å². The third-order valence-electron chi connectivity index (χ3n) is 3.02. The summed E-state index contributed by atoms with van der Waals surface area (Å²) >= 11 is 3.02. The van der Waals surface area contributed by atoms with E-state index >= 15 is 0 Å². The molecule has 1 aliphatic rings. The van der Waals surface area contributed by atoms with E-state index in [9.17, 15) is 14.5 Å². The van der Waals surface area contributed by atoms with Gasteiger partial charge < -0.3 is 10.1 Å². The number of hydrogen-bond acceptors (Lipinski definition) is 4. The van der Waals surface area contributed by atoms with Crippen LogP contribution in [0.5, 0.6) is 0 Å². The van der Waals surface area contributed by atoms with Gasteiger partial charge in [-0.3, -0.25) is 10.1 Å². The highest BCUT2D eigenvalue weighted by molar-refractivity contribution is 9.10. The zero-order valence-electron chi connectivity index (χ0n) is 9.65. The van der Waals surface area contributed by atoms with Crippen molar-refractivity contribution >= 4 is 27.3 Å². The largest absolute Gasteiger partial charge is 0.381 e. The Morgan fingerprint density at radius 1 is 1.56 bits per heavy atom. The number of hydrogen-bond donors (Lipinski definition) is 1. The van der Waals surface area contributed by atoms with Crippen LogP contribution in [0.2, 0.25) is 0 Å². The number of rotatable bonds is 4. The summed E-state index contributed by atoms with van der Waals surface area (Å²) in [5, 5.41) is 13.9. The normalized spacial score (nSPS) is 22.4. The highest BCUT2D eigenvalue weighted by atomic mass is 79.9. The molecular weight excluding hydrogens is 307 g/mol. The second kappa shape index (κ2) is 5.19. The monoisotopic (exact) mass is 318 g/mol. The van der Waals surface area contributed by atoms with Crippen LogP contribution in [-0.2, 0) is 4.74 Å². The maximum Gasteiger partial charge on any atom is 0.295 e. The van der Waals surface area contributed by atoms with Gasteiger partial charge in [-0.25, -0.2) is 4.39 Å². The summed E-state index contributed by atoms with van der Waals surface area (Å²) in [4.78, 5) is 10.3. The van der Waals surface area contributed by atoms with Gasteiger partial charge >= 0.3 is 0 Å². The van der Waals surface area contributed by atoms with Gasteiger partial charge in [-0.1, -0.05) is 0 Å². The number of anilines is 1. The molecule has 0 bridgehead atoms. The summed E-state index contributed by atoms with van der Waals surface area (Å²) < 4.78 is 18.6. The van der Waals surface area contributed by atoms with Crippen molar-refractivity contribution in [3.8, 4) is 0 Å². The first-order valence-corrected chi connectivity index (χ1v) is 6.23. The van der Waals surface area contributed by atoms with Crippen LogP contribution in [-0.4, -0.2) is 24.2 Å². The molecule has 0 spiro atoms. The van der Waals surface area contributed by atoms with E-state index < -0.39 is 10.7 Å². The molecule has 0 aromatic heterocycles. The molecule has 0 aliphatic heterocycles. The molecule has 0 amide bonds. The number of nitrogens with zero attached hydrogens (tertiary/aromatic N) is 1. The molecule has 1 saturated carbocycles. The quantitative estimate of drug-likeness (QED) is 0.684. The predicted octanol–water partition coefficient (Wildman–Crippen LogP) is 3.09. The van der Waals surface area contributed by atoms with E-state index in [0.717, 1.165) is 18.9 Å². The molecule has 2 rings (SSSR count). The molecule has 98 valence electrons. The summed E-state index contributed by atoms with van der Waals surface area (Å²) in [6, 6.07) is 2.44. The van der Waals surface area contributed by atoms with Crippen LogP contribution in [0.4, 0.5) is 15.8 Å². The number of nitro groups is 1. The fourth-order valence-corrected chi connectivity index (χ4v) is 2.24.